The molecule has 2 aromatic heterocycles. The van der Waals surface area contributed by atoms with Crippen LogP contribution in [0.4, 0.5) is 10.2 Å². The van der Waals surface area contributed by atoms with E-state index in [1.165, 1.54) is 18.2 Å². The second kappa shape index (κ2) is 10.6. The molecule has 2 heterocycles. The van der Waals surface area contributed by atoms with Crippen molar-refractivity contribution in [1.29, 1.82) is 0 Å². The monoisotopic (exact) mass is 599 g/mol. The quantitative estimate of drug-likeness (QED) is 0.227. The summed E-state index contributed by atoms with van der Waals surface area (Å²) in [5.74, 6) is -0.0594. The first-order valence-electron chi connectivity index (χ1n) is 11.2. The van der Waals surface area contributed by atoms with E-state index >= 15 is 0 Å². The summed E-state index contributed by atoms with van der Waals surface area (Å²) >= 11 is 9.91. The lowest BCUT2D eigenvalue weighted by atomic mass is 10.1. The molecule has 0 aliphatic rings. The Hall–Kier alpha value is -3.31. The molecule has 0 saturated carbocycles. The maximum atomic E-state index is 13.9. The van der Waals surface area contributed by atoms with Gasteiger partial charge >= 0.3 is 0 Å². The summed E-state index contributed by atoms with van der Waals surface area (Å²) in [4.78, 5) is 4.34. The van der Waals surface area contributed by atoms with Crippen molar-refractivity contribution in [3.63, 3.8) is 0 Å². The van der Waals surface area contributed by atoms with E-state index in [0.717, 1.165) is 33.0 Å². The number of rotatable bonds is 8. The Balaban J connectivity index is 1.31. The smallest absolute Gasteiger partial charge is 0.243 e. The fourth-order valence-electron chi connectivity index (χ4n) is 3.76. The number of fused-ring (bicyclic) bond motifs is 1. The molecule has 0 radical (unpaired) electrons. The Morgan fingerprint density at radius 1 is 0.946 bits per heavy atom. The molecule has 5 aromatic rings. The highest BCUT2D eigenvalue weighted by Crippen LogP contribution is 2.30. The summed E-state index contributed by atoms with van der Waals surface area (Å²) in [6.45, 7) is 0.525. The second-order valence-electron chi connectivity index (χ2n) is 8.16. The summed E-state index contributed by atoms with van der Waals surface area (Å²) in [6, 6.07) is 22.1. The van der Waals surface area contributed by atoms with E-state index in [2.05, 4.69) is 31.1 Å². The van der Waals surface area contributed by atoms with Crippen molar-refractivity contribution in [2.24, 2.45) is 0 Å². The first kappa shape index (κ1) is 25.3. The van der Waals surface area contributed by atoms with Gasteiger partial charge in [-0.2, -0.15) is 9.61 Å². The van der Waals surface area contributed by atoms with Crippen LogP contribution in [0.25, 0.3) is 16.9 Å². The molecule has 188 valence electrons. The van der Waals surface area contributed by atoms with Crippen LogP contribution in [0.1, 0.15) is 11.1 Å². The highest BCUT2D eigenvalue weighted by Gasteiger charge is 2.18. The molecule has 7 nitrogen and oxygen atoms in total. The molecule has 0 aliphatic heterocycles. The van der Waals surface area contributed by atoms with E-state index in [1.807, 2.05) is 54.6 Å². The zero-order valence-corrected chi connectivity index (χ0v) is 22.4. The molecule has 0 unspecified atom stereocenters. The number of nitrogens with zero attached hydrogens (tertiary/aromatic N) is 3. The van der Waals surface area contributed by atoms with E-state index in [4.69, 9.17) is 16.6 Å². The van der Waals surface area contributed by atoms with Gasteiger partial charge in [-0.05, 0) is 45.3 Å². The highest BCUT2D eigenvalue weighted by molar-refractivity contribution is 9.10. The van der Waals surface area contributed by atoms with Gasteiger partial charge in [-0.25, -0.2) is 22.5 Å². The predicted molar refractivity (Wildman–Crippen MR) is 145 cm³/mol. The van der Waals surface area contributed by atoms with Crippen LogP contribution >= 0.6 is 27.5 Å². The zero-order chi connectivity index (χ0) is 26.0. The molecule has 11 heteroatoms. The van der Waals surface area contributed by atoms with Gasteiger partial charge in [0.15, 0.2) is 5.65 Å². The third-order valence-electron chi connectivity index (χ3n) is 5.67. The van der Waals surface area contributed by atoms with Gasteiger partial charge in [0.25, 0.3) is 0 Å². The third-order valence-corrected chi connectivity index (χ3v) is 7.99. The van der Waals surface area contributed by atoms with Gasteiger partial charge in [0.2, 0.25) is 10.0 Å². The number of nitrogens with one attached hydrogen (secondary N) is 2. The van der Waals surface area contributed by atoms with Crippen LogP contribution < -0.4 is 10.0 Å². The normalized spacial score (nSPS) is 11.6. The number of benzene rings is 3. The van der Waals surface area contributed by atoms with Crippen molar-refractivity contribution >= 4 is 49.0 Å². The molecule has 0 bridgehead atoms. The van der Waals surface area contributed by atoms with Gasteiger partial charge in [0.1, 0.15) is 16.5 Å². The molecule has 2 N–H and O–H groups in total. The van der Waals surface area contributed by atoms with E-state index < -0.39 is 15.8 Å². The molecule has 0 atom stereocenters. The van der Waals surface area contributed by atoms with E-state index in [9.17, 15) is 12.8 Å². The molecule has 0 amide bonds. The molecule has 0 spiro atoms. The van der Waals surface area contributed by atoms with Gasteiger partial charge in [0.05, 0.1) is 16.4 Å². The maximum absolute atomic E-state index is 13.9. The van der Waals surface area contributed by atoms with Crippen molar-refractivity contribution in [2.45, 2.75) is 18.0 Å². The van der Waals surface area contributed by atoms with Crippen LogP contribution in [0, 0.1) is 5.82 Å². The van der Waals surface area contributed by atoms with Crippen molar-refractivity contribution in [1.82, 2.24) is 19.3 Å². The lowest BCUT2D eigenvalue weighted by molar-refractivity contribution is 0.557. The second-order valence-corrected chi connectivity index (χ2v) is 11.2. The minimum atomic E-state index is -3.96. The van der Waals surface area contributed by atoms with Crippen molar-refractivity contribution in [3.8, 4) is 11.3 Å². The van der Waals surface area contributed by atoms with Crippen LogP contribution in [-0.2, 0) is 23.1 Å². The number of hydrogen-bond acceptors (Lipinski definition) is 5. The largest absolute Gasteiger partial charge is 0.366 e. The molecule has 0 saturated heterocycles. The number of halogens is 3. The minimum Gasteiger partial charge on any atom is -0.366 e. The first-order chi connectivity index (χ1) is 17.8. The van der Waals surface area contributed by atoms with E-state index in [-0.39, 0.29) is 11.4 Å². The molecule has 3 aromatic carbocycles. The summed E-state index contributed by atoms with van der Waals surface area (Å²) in [7, 11) is -3.96. The summed E-state index contributed by atoms with van der Waals surface area (Å²) in [5, 5.41) is 8.39. The topological polar surface area (TPSA) is 88.4 Å². The van der Waals surface area contributed by atoms with Gasteiger partial charge < -0.3 is 5.32 Å². The van der Waals surface area contributed by atoms with Gasteiger partial charge in [-0.3, -0.25) is 0 Å². The Bertz CT molecular complexity index is 1690. The average Bonchev–Trinajstić information content (AvgIpc) is 3.28. The molecular formula is C26H20BrClFN5O2S. The predicted octanol–water partition coefficient (Wildman–Crippen LogP) is 6.04. The standard InChI is InChI=1S/C26H20BrClFN5O2S/c27-20-16-31-34-25(13-23(33-26(20)34)19-5-1-2-6-21(19)28)30-14-17-9-11-18(12-10-17)15-32-37(35,36)24-8-4-3-7-22(24)29/h1-13,16,30,32H,14-15H2. The van der Waals surface area contributed by atoms with Crippen molar-refractivity contribution in [3.05, 3.63) is 111 Å². The maximum Gasteiger partial charge on any atom is 0.243 e. The van der Waals surface area contributed by atoms with Crippen LogP contribution in [0.3, 0.4) is 0 Å². The Morgan fingerprint density at radius 3 is 2.35 bits per heavy atom. The van der Waals surface area contributed by atoms with E-state index in [1.54, 1.807) is 10.7 Å². The summed E-state index contributed by atoms with van der Waals surface area (Å²) in [5.41, 5.74) is 3.88. The van der Waals surface area contributed by atoms with Crippen molar-refractivity contribution in [2.75, 3.05) is 5.32 Å². The minimum absolute atomic E-state index is 0.0395. The van der Waals surface area contributed by atoms with Gasteiger partial charge in [-0.1, -0.05) is 66.2 Å². The Kier molecular flexibility index (Phi) is 7.25. The SMILES string of the molecule is O=S(=O)(NCc1ccc(CNc2cc(-c3ccccc3Cl)nc3c(Br)cnn23)cc1)c1ccccc1F. The highest BCUT2D eigenvalue weighted by atomic mass is 79.9. The van der Waals surface area contributed by atoms with Crippen LogP contribution in [0.5, 0.6) is 0 Å². The van der Waals surface area contributed by atoms with Gasteiger partial charge in [-0.15, -0.1) is 0 Å². The fourth-order valence-corrected chi connectivity index (χ4v) is 5.43. The van der Waals surface area contributed by atoms with Crippen LogP contribution in [0.15, 0.2) is 94.4 Å². The third kappa shape index (κ3) is 5.52. The first-order valence-corrected chi connectivity index (χ1v) is 13.8. The number of anilines is 1. The molecule has 5 rings (SSSR count). The number of hydrogen-bond donors (Lipinski definition) is 2. The molecule has 0 fully saturated rings. The summed E-state index contributed by atoms with van der Waals surface area (Å²) in [6.07, 6.45) is 1.68. The Labute approximate surface area is 226 Å². The fraction of sp³-hybridized carbons (Fsp3) is 0.0769. The van der Waals surface area contributed by atoms with Crippen molar-refractivity contribution < 1.29 is 12.8 Å². The van der Waals surface area contributed by atoms with Crippen LogP contribution in [-0.4, -0.2) is 23.0 Å². The summed E-state index contributed by atoms with van der Waals surface area (Å²) < 4.78 is 43.6. The zero-order valence-electron chi connectivity index (χ0n) is 19.2. The van der Waals surface area contributed by atoms with Gasteiger partial charge in [0, 0.05) is 29.7 Å². The Morgan fingerprint density at radius 2 is 1.62 bits per heavy atom. The lowest BCUT2D eigenvalue weighted by Gasteiger charge is -2.12. The average molecular weight is 601 g/mol. The molecule has 0 aliphatic carbocycles. The van der Waals surface area contributed by atoms with E-state index in [0.29, 0.717) is 22.9 Å². The number of aromatic nitrogens is 3. The lowest BCUT2D eigenvalue weighted by Crippen LogP contribution is -2.24. The van der Waals surface area contributed by atoms with Crippen LogP contribution in [0.2, 0.25) is 5.02 Å². The number of sulfonamides is 1. The molecule has 37 heavy (non-hydrogen) atoms. The molecular weight excluding hydrogens is 581 g/mol.